The van der Waals surface area contributed by atoms with Crippen molar-refractivity contribution >= 4 is 38.4 Å². The second-order valence-electron chi connectivity index (χ2n) is 7.86. The van der Waals surface area contributed by atoms with Crippen LogP contribution in [0, 0.1) is 0 Å². The van der Waals surface area contributed by atoms with Crippen molar-refractivity contribution in [1.82, 2.24) is 9.21 Å². The minimum Gasteiger partial charge on any atom is -0.267 e. The number of quaternary nitrogens is 1. The second kappa shape index (κ2) is 5.60. The molecular weight excluding hydrogens is 380 g/mol. The van der Waals surface area contributed by atoms with Gasteiger partial charge in [-0.1, -0.05) is 36.4 Å². The van der Waals surface area contributed by atoms with Gasteiger partial charge in [-0.15, -0.1) is 0 Å². The number of carbonyl (C=O) groups is 2. The van der Waals surface area contributed by atoms with E-state index in [1.165, 1.54) is 19.0 Å². The van der Waals surface area contributed by atoms with E-state index in [4.69, 9.17) is 0 Å². The molecule has 3 aliphatic heterocycles. The second-order valence-corrected chi connectivity index (χ2v) is 10.2. The minimum atomic E-state index is -3.71. The Hall–Kier alpha value is -2.33. The van der Waals surface area contributed by atoms with Crippen molar-refractivity contribution in [2.45, 2.75) is 11.4 Å². The number of hydrogen-bond donors (Lipinski definition) is 0. The zero-order valence-electron chi connectivity index (χ0n) is 15.6. The molecule has 8 nitrogen and oxygen atoms in total. The molecular formula is C19H21N4O4S+. The zero-order valence-corrected chi connectivity index (χ0v) is 16.5. The first-order chi connectivity index (χ1) is 13.3. The SMILES string of the molecule is CN(C)S(=O)(=O)C1CN2CC3C(=O)N(c4cccc5ccccc45)C(=O)[N+]31C2. The van der Waals surface area contributed by atoms with E-state index in [0.29, 0.717) is 12.2 Å². The quantitative estimate of drug-likeness (QED) is 0.566. The number of urea groups is 1. The Balaban J connectivity index is 1.67. The molecule has 0 radical (unpaired) electrons. The third kappa shape index (κ3) is 2.02. The van der Waals surface area contributed by atoms with Gasteiger partial charge in [0.05, 0.1) is 18.8 Å². The molecule has 9 heteroatoms. The van der Waals surface area contributed by atoms with Crippen LogP contribution in [0.2, 0.25) is 0 Å². The summed E-state index contributed by atoms with van der Waals surface area (Å²) in [5.74, 6) is -0.317. The van der Waals surface area contributed by atoms with E-state index >= 15 is 0 Å². The molecule has 3 heterocycles. The topological polar surface area (TPSA) is 78.0 Å². The lowest BCUT2D eigenvalue weighted by molar-refractivity contribution is -0.848. The van der Waals surface area contributed by atoms with Crippen LogP contribution in [-0.2, 0) is 14.8 Å². The monoisotopic (exact) mass is 401 g/mol. The number of rotatable bonds is 3. The van der Waals surface area contributed by atoms with Crippen LogP contribution in [-0.4, -0.2) is 79.3 Å². The molecule has 2 aromatic carbocycles. The molecule has 0 saturated carbocycles. The Labute approximate surface area is 163 Å². The van der Waals surface area contributed by atoms with Gasteiger partial charge in [-0.25, -0.2) is 22.4 Å². The highest BCUT2D eigenvalue weighted by atomic mass is 32.2. The summed E-state index contributed by atoms with van der Waals surface area (Å²) in [5, 5.41) is 0.764. The molecule has 3 aliphatic rings. The summed E-state index contributed by atoms with van der Waals surface area (Å²) in [5.41, 5.74) is 0.523. The number of piperazine rings is 1. The molecule has 3 amide bonds. The fraction of sp³-hybridized carbons (Fsp3) is 0.368. The van der Waals surface area contributed by atoms with E-state index in [2.05, 4.69) is 0 Å². The minimum absolute atomic E-state index is 0.258. The van der Waals surface area contributed by atoms with Gasteiger partial charge in [0.2, 0.25) is 5.37 Å². The first-order valence-corrected chi connectivity index (χ1v) is 10.7. The number of benzene rings is 2. The van der Waals surface area contributed by atoms with Crippen LogP contribution >= 0.6 is 0 Å². The lowest BCUT2D eigenvalue weighted by Crippen LogP contribution is -2.63. The zero-order chi connectivity index (χ0) is 19.8. The van der Waals surface area contributed by atoms with Gasteiger partial charge in [-0.05, 0) is 11.5 Å². The average molecular weight is 401 g/mol. The lowest BCUT2D eigenvalue weighted by Gasteiger charge is -2.34. The van der Waals surface area contributed by atoms with Crippen molar-refractivity contribution in [3.05, 3.63) is 42.5 Å². The highest BCUT2D eigenvalue weighted by molar-refractivity contribution is 7.89. The van der Waals surface area contributed by atoms with Gasteiger partial charge >= 0.3 is 6.03 Å². The normalized spacial score (nSPS) is 32.0. The Morgan fingerprint density at radius 1 is 1.04 bits per heavy atom. The summed E-state index contributed by atoms with van der Waals surface area (Å²) in [4.78, 5) is 30.1. The third-order valence-electron chi connectivity index (χ3n) is 6.26. The first kappa shape index (κ1) is 17.7. The highest BCUT2D eigenvalue weighted by Crippen LogP contribution is 2.46. The van der Waals surface area contributed by atoms with Gasteiger partial charge in [0.25, 0.3) is 15.9 Å². The predicted molar refractivity (Wildman–Crippen MR) is 104 cm³/mol. The van der Waals surface area contributed by atoms with Crippen LogP contribution < -0.4 is 4.90 Å². The summed E-state index contributed by atoms with van der Waals surface area (Å²) in [6.45, 7) is 0.930. The molecule has 3 saturated heterocycles. The van der Waals surface area contributed by atoms with E-state index in [1.54, 1.807) is 6.07 Å². The number of sulfonamides is 1. The molecule has 4 atom stereocenters. The number of anilines is 1. The molecule has 3 fully saturated rings. The average Bonchev–Trinajstić information content (AvgIpc) is 3.30. The molecule has 28 heavy (non-hydrogen) atoms. The summed E-state index contributed by atoms with van der Waals surface area (Å²) in [6, 6.07) is 11.9. The Kier molecular flexibility index (Phi) is 3.55. The van der Waals surface area contributed by atoms with Crippen LogP contribution in [0.5, 0.6) is 0 Å². The van der Waals surface area contributed by atoms with Crippen molar-refractivity contribution in [2.24, 2.45) is 0 Å². The van der Waals surface area contributed by atoms with E-state index in [-0.39, 0.29) is 23.6 Å². The lowest BCUT2D eigenvalue weighted by atomic mass is 10.1. The number of fused-ring (bicyclic) bond motifs is 2. The molecule has 2 aromatic rings. The summed E-state index contributed by atoms with van der Waals surface area (Å²) < 4.78 is 26.7. The summed E-state index contributed by atoms with van der Waals surface area (Å²) >= 11 is 0. The Morgan fingerprint density at radius 3 is 2.50 bits per heavy atom. The number of amides is 3. The summed E-state index contributed by atoms with van der Waals surface area (Å²) in [6.07, 6.45) is 0. The first-order valence-electron chi connectivity index (χ1n) is 9.16. The maximum Gasteiger partial charge on any atom is 0.433 e. The molecule has 0 aliphatic carbocycles. The van der Waals surface area contributed by atoms with Gasteiger partial charge in [-0.3, -0.25) is 4.79 Å². The van der Waals surface area contributed by atoms with Crippen LogP contribution in [0.4, 0.5) is 10.5 Å². The van der Waals surface area contributed by atoms with Crippen LogP contribution in [0.3, 0.4) is 0 Å². The molecule has 0 N–H and O–H groups in total. The molecule has 1 spiro atoms. The van der Waals surface area contributed by atoms with Gasteiger partial charge in [-0.2, -0.15) is 9.38 Å². The van der Waals surface area contributed by atoms with Crippen molar-refractivity contribution in [1.29, 1.82) is 0 Å². The number of carbonyl (C=O) groups excluding carboxylic acids is 2. The maximum atomic E-state index is 13.7. The molecule has 0 aromatic heterocycles. The van der Waals surface area contributed by atoms with E-state index in [1.807, 2.05) is 41.3 Å². The van der Waals surface area contributed by atoms with Gasteiger partial charge in [0.15, 0.2) is 6.04 Å². The Bertz CT molecular complexity index is 1130. The predicted octanol–water partition coefficient (Wildman–Crippen LogP) is 0.996. The molecule has 4 unspecified atom stereocenters. The van der Waals surface area contributed by atoms with Gasteiger partial charge < -0.3 is 0 Å². The fourth-order valence-electron chi connectivity index (χ4n) is 4.89. The third-order valence-corrected chi connectivity index (χ3v) is 8.49. The standard InChI is InChI=1S/C19H21N4O4S/c1-20(2)28(26,27)17-11-21-10-16-18(24)22(19(25)23(16,17)12-21)15-9-5-7-13-6-3-4-8-14(13)15/h3-9,16-17H,10-12H2,1-2H3/q+1. The van der Waals surface area contributed by atoms with Crippen LogP contribution in [0.25, 0.3) is 10.8 Å². The largest absolute Gasteiger partial charge is 0.433 e. The van der Waals surface area contributed by atoms with Crippen molar-refractivity contribution in [3.8, 4) is 0 Å². The molecule has 2 bridgehead atoms. The van der Waals surface area contributed by atoms with E-state index in [0.717, 1.165) is 15.1 Å². The number of imide groups is 1. The van der Waals surface area contributed by atoms with Crippen molar-refractivity contribution < 1.29 is 22.5 Å². The number of nitrogens with zero attached hydrogens (tertiary/aromatic N) is 4. The fourth-order valence-corrected chi connectivity index (χ4v) is 6.56. The highest BCUT2D eigenvalue weighted by Gasteiger charge is 2.75. The molecule has 146 valence electrons. The summed E-state index contributed by atoms with van der Waals surface area (Å²) in [7, 11) is -0.775. The van der Waals surface area contributed by atoms with E-state index in [9.17, 15) is 18.0 Å². The van der Waals surface area contributed by atoms with Crippen molar-refractivity contribution in [3.63, 3.8) is 0 Å². The number of hydrogen-bond acceptors (Lipinski definition) is 5. The van der Waals surface area contributed by atoms with Crippen molar-refractivity contribution in [2.75, 3.05) is 38.8 Å². The van der Waals surface area contributed by atoms with Gasteiger partial charge in [0, 0.05) is 19.5 Å². The molecule has 5 rings (SSSR count). The van der Waals surface area contributed by atoms with Gasteiger partial charge in [0.1, 0.15) is 6.67 Å². The maximum absolute atomic E-state index is 13.7. The van der Waals surface area contributed by atoms with E-state index < -0.39 is 27.5 Å². The van der Waals surface area contributed by atoms with Crippen LogP contribution in [0.15, 0.2) is 42.5 Å². The van der Waals surface area contributed by atoms with Crippen LogP contribution in [0.1, 0.15) is 0 Å². The Morgan fingerprint density at radius 2 is 1.75 bits per heavy atom. The smallest absolute Gasteiger partial charge is 0.267 e.